The molecule has 0 saturated carbocycles. The van der Waals surface area contributed by atoms with Crippen molar-refractivity contribution in [2.45, 2.75) is 26.3 Å². The van der Waals surface area contributed by atoms with Crippen molar-refractivity contribution in [2.24, 2.45) is 0 Å². The van der Waals surface area contributed by atoms with E-state index in [1.807, 2.05) is 38.1 Å². The molecule has 2 aromatic rings. The third kappa shape index (κ3) is 6.39. The fourth-order valence-electron chi connectivity index (χ4n) is 3.04. The summed E-state index contributed by atoms with van der Waals surface area (Å²) in [6.45, 7) is 5.60. The minimum Gasteiger partial charge on any atom is -0.497 e. The number of ether oxygens (including phenoxy) is 3. The van der Waals surface area contributed by atoms with Crippen LogP contribution in [0.3, 0.4) is 0 Å². The molecular formula is C23H33N2O4+. The number of likely N-dealkylation sites (N-methyl/N-ethyl adjacent to an activating group) is 1. The van der Waals surface area contributed by atoms with E-state index in [4.69, 9.17) is 14.2 Å². The van der Waals surface area contributed by atoms with Gasteiger partial charge in [0, 0.05) is 11.1 Å². The predicted molar refractivity (Wildman–Crippen MR) is 114 cm³/mol. The monoisotopic (exact) mass is 401 g/mol. The molecule has 0 aliphatic rings. The number of quaternary nitrogens is 1. The zero-order valence-electron chi connectivity index (χ0n) is 18.1. The van der Waals surface area contributed by atoms with Gasteiger partial charge in [-0.3, -0.25) is 4.79 Å². The van der Waals surface area contributed by atoms with Gasteiger partial charge < -0.3 is 24.4 Å². The van der Waals surface area contributed by atoms with Crippen LogP contribution >= 0.6 is 0 Å². The minimum absolute atomic E-state index is 0.128. The van der Waals surface area contributed by atoms with Crippen LogP contribution in [0.4, 0.5) is 0 Å². The summed E-state index contributed by atoms with van der Waals surface area (Å²) in [5.41, 5.74) is 1.70. The number of methoxy groups -OCH3 is 1. The average molecular weight is 402 g/mol. The van der Waals surface area contributed by atoms with Crippen LogP contribution in [0.15, 0.2) is 42.5 Å². The fourth-order valence-corrected chi connectivity index (χ4v) is 3.04. The quantitative estimate of drug-likeness (QED) is 0.607. The first kappa shape index (κ1) is 22.6. The van der Waals surface area contributed by atoms with Crippen LogP contribution in [0, 0.1) is 0 Å². The zero-order chi connectivity index (χ0) is 21.2. The molecule has 6 nitrogen and oxygen atoms in total. The Balaban J connectivity index is 2.09. The van der Waals surface area contributed by atoms with Gasteiger partial charge >= 0.3 is 0 Å². The molecule has 2 rings (SSSR count). The van der Waals surface area contributed by atoms with Crippen molar-refractivity contribution >= 4 is 5.91 Å². The lowest BCUT2D eigenvalue weighted by atomic mass is 10.1. The number of rotatable bonds is 11. The number of nitrogens with one attached hydrogen (secondary N) is 2. The Morgan fingerprint density at radius 1 is 1.03 bits per heavy atom. The Morgan fingerprint density at radius 3 is 2.34 bits per heavy atom. The molecule has 0 radical (unpaired) electrons. The first-order chi connectivity index (χ1) is 14.0. The van der Waals surface area contributed by atoms with Crippen LogP contribution in [0.1, 0.15) is 42.2 Å². The maximum absolute atomic E-state index is 12.7. The van der Waals surface area contributed by atoms with Crippen molar-refractivity contribution in [3.63, 3.8) is 0 Å². The summed E-state index contributed by atoms with van der Waals surface area (Å²) in [5, 5.41) is 3.05. The van der Waals surface area contributed by atoms with Crippen LogP contribution in [-0.2, 0) is 0 Å². The van der Waals surface area contributed by atoms with Crippen molar-refractivity contribution in [3.8, 4) is 17.2 Å². The lowest BCUT2D eigenvalue weighted by Crippen LogP contribution is -3.07. The summed E-state index contributed by atoms with van der Waals surface area (Å²) in [4.78, 5) is 14.0. The molecule has 158 valence electrons. The van der Waals surface area contributed by atoms with Gasteiger partial charge in [-0.15, -0.1) is 0 Å². The first-order valence-corrected chi connectivity index (χ1v) is 10.1. The van der Waals surface area contributed by atoms with Gasteiger partial charge in [-0.2, -0.15) is 0 Å². The smallest absolute Gasteiger partial charge is 0.251 e. The van der Waals surface area contributed by atoms with Crippen molar-refractivity contribution < 1.29 is 23.9 Å². The largest absolute Gasteiger partial charge is 0.497 e. The van der Waals surface area contributed by atoms with Gasteiger partial charge in [0.15, 0.2) is 11.5 Å². The number of carbonyl (C=O) groups is 1. The Hall–Kier alpha value is -2.73. The second-order valence-corrected chi connectivity index (χ2v) is 7.06. The van der Waals surface area contributed by atoms with E-state index in [1.165, 1.54) is 4.90 Å². The molecule has 0 aliphatic heterocycles. The molecule has 0 bridgehead atoms. The molecule has 0 spiro atoms. The second-order valence-electron chi connectivity index (χ2n) is 7.06. The van der Waals surface area contributed by atoms with Gasteiger partial charge in [-0.1, -0.05) is 6.92 Å². The van der Waals surface area contributed by atoms with Crippen LogP contribution in [0.5, 0.6) is 17.2 Å². The van der Waals surface area contributed by atoms with E-state index in [2.05, 4.69) is 19.4 Å². The van der Waals surface area contributed by atoms with E-state index in [0.29, 0.717) is 36.8 Å². The maximum atomic E-state index is 12.7. The zero-order valence-corrected chi connectivity index (χ0v) is 18.1. The highest BCUT2D eigenvalue weighted by Gasteiger charge is 2.20. The van der Waals surface area contributed by atoms with E-state index in [-0.39, 0.29) is 11.9 Å². The van der Waals surface area contributed by atoms with E-state index in [1.54, 1.807) is 25.3 Å². The van der Waals surface area contributed by atoms with E-state index in [9.17, 15) is 4.79 Å². The standard InChI is InChI=1S/C23H32N2O4/c1-6-14-29-21-13-10-18(15-22(21)28-7-2)23(26)24-16-20(25(3)4)17-8-11-19(27-5)12-9-17/h8-13,15,20H,6-7,14,16H2,1-5H3,(H,24,26)/p+1/t20-/m1/s1. The number of hydrogen-bond donors (Lipinski definition) is 2. The molecule has 0 aliphatic carbocycles. The number of amides is 1. The molecule has 2 aromatic carbocycles. The summed E-state index contributed by atoms with van der Waals surface area (Å²) >= 11 is 0. The molecular weight excluding hydrogens is 368 g/mol. The van der Waals surface area contributed by atoms with Gasteiger partial charge in [-0.05, 0) is 55.8 Å². The van der Waals surface area contributed by atoms with Gasteiger partial charge in [0.2, 0.25) is 0 Å². The van der Waals surface area contributed by atoms with Gasteiger partial charge in [-0.25, -0.2) is 0 Å². The van der Waals surface area contributed by atoms with Crippen LogP contribution in [0.2, 0.25) is 0 Å². The van der Waals surface area contributed by atoms with Gasteiger partial charge in [0.1, 0.15) is 11.8 Å². The van der Waals surface area contributed by atoms with E-state index in [0.717, 1.165) is 17.7 Å². The molecule has 1 amide bonds. The number of carbonyl (C=O) groups excluding carboxylic acids is 1. The predicted octanol–water partition coefficient (Wildman–Crippen LogP) is 2.50. The molecule has 29 heavy (non-hydrogen) atoms. The molecule has 6 heteroatoms. The molecule has 2 N–H and O–H groups in total. The third-order valence-electron chi connectivity index (χ3n) is 4.65. The normalized spacial score (nSPS) is 11.8. The Kier molecular flexibility index (Phi) is 8.80. The Bertz CT molecular complexity index is 775. The third-order valence-corrected chi connectivity index (χ3v) is 4.65. The van der Waals surface area contributed by atoms with Crippen molar-refractivity contribution in [3.05, 3.63) is 53.6 Å². The Labute approximate surface area is 173 Å². The molecule has 0 saturated heterocycles. The lowest BCUT2D eigenvalue weighted by molar-refractivity contribution is -0.890. The number of hydrogen-bond acceptors (Lipinski definition) is 4. The lowest BCUT2D eigenvalue weighted by Gasteiger charge is -2.22. The molecule has 1 atom stereocenters. The van der Waals surface area contributed by atoms with Crippen LogP contribution in [-0.4, -0.2) is 46.9 Å². The summed E-state index contributed by atoms with van der Waals surface area (Å²) in [5.74, 6) is 1.95. The number of benzene rings is 2. The summed E-state index contributed by atoms with van der Waals surface area (Å²) < 4.78 is 16.6. The highest BCUT2D eigenvalue weighted by atomic mass is 16.5. The SMILES string of the molecule is CCCOc1ccc(C(=O)NC[C@H](c2ccc(OC)cc2)[NH+](C)C)cc1OCC. The second kappa shape index (κ2) is 11.3. The maximum Gasteiger partial charge on any atom is 0.251 e. The van der Waals surface area contributed by atoms with Crippen LogP contribution < -0.4 is 24.4 Å². The summed E-state index contributed by atoms with van der Waals surface area (Å²) in [7, 11) is 5.81. The average Bonchev–Trinajstić information content (AvgIpc) is 2.73. The minimum atomic E-state index is -0.132. The molecule has 0 aromatic heterocycles. The van der Waals surface area contributed by atoms with Gasteiger partial charge in [0.05, 0.1) is 41.0 Å². The van der Waals surface area contributed by atoms with Gasteiger partial charge in [0.25, 0.3) is 5.91 Å². The topological polar surface area (TPSA) is 61.2 Å². The highest BCUT2D eigenvalue weighted by Crippen LogP contribution is 2.28. The van der Waals surface area contributed by atoms with Crippen molar-refractivity contribution in [1.29, 1.82) is 0 Å². The summed E-state index contributed by atoms with van der Waals surface area (Å²) in [6, 6.07) is 13.4. The fraction of sp³-hybridized carbons (Fsp3) is 0.435. The molecule has 0 fully saturated rings. The first-order valence-electron chi connectivity index (χ1n) is 10.1. The Morgan fingerprint density at radius 2 is 1.76 bits per heavy atom. The summed E-state index contributed by atoms with van der Waals surface area (Å²) in [6.07, 6.45) is 0.910. The molecule has 0 heterocycles. The highest BCUT2D eigenvalue weighted by molar-refractivity contribution is 5.94. The van der Waals surface area contributed by atoms with E-state index >= 15 is 0 Å². The molecule has 0 unspecified atom stereocenters. The van der Waals surface area contributed by atoms with Crippen molar-refractivity contribution in [1.82, 2.24) is 5.32 Å². The van der Waals surface area contributed by atoms with Crippen LogP contribution in [0.25, 0.3) is 0 Å². The van der Waals surface area contributed by atoms with Crippen molar-refractivity contribution in [2.75, 3.05) is 41.0 Å². The van der Waals surface area contributed by atoms with E-state index < -0.39 is 0 Å².